The van der Waals surface area contributed by atoms with E-state index in [-0.39, 0.29) is 5.97 Å². The van der Waals surface area contributed by atoms with Crippen molar-refractivity contribution in [3.05, 3.63) is 35.0 Å². The maximum Gasteiger partial charge on any atom is 0.338 e. The highest BCUT2D eigenvalue weighted by molar-refractivity contribution is 5.92. The van der Waals surface area contributed by atoms with Crippen LogP contribution in [0.4, 0.5) is 5.95 Å². The Morgan fingerprint density at radius 2 is 1.90 bits per heavy atom. The summed E-state index contributed by atoms with van der Waals surface area (Å²) in [6.45, 7) is 4.40. The van der Waals surface area contributed by atoms with E-state index in [1.807, 2.05) is 19.1 Å². The third-order valence-electron chi connectivity index (χ3n) is 5.40. The summed E-state index contributed by atoms with van der Waals surface area (Å²) in [6, 6.07) is 4.87. The predicted octanol–water partition coefficient (Wildman–Crippen LogP) is 3.88. The topological polar surface area (TPSA) is 100 Å². The second-order valence-corrected chi connectivity index (χ2v) is 7.52. The first-order valence-electron chi connectivity index (χ1n) is 10.7. The van der Waals surface area contributed by atoms with Gasteiger partial charge in [0.05, 0.1) is 26.4 Å². The molecule has 1 atom stereocenters. The zero-order chi connectivity index (χ0) is 22.2. The Hall–Kier alpha value is -3.10. The maximum absolute atomic E-state index is 13.1. The van der Waals surface area contributed by atoms with Gasteiger partial charge in [-0.15, -0.1) is 0 Å². The SMILES string of the molecule is CCCCCCCCOC(=O)C1=C(C)Nc2nnnn2[C@H]1c1ccc(OC)cc1OC. The van der Waals surface area contributed by atoms with Crippen LogP contribution in [0.2, 0.25) is 0 Å². The van der Waals surface area contributed by atoms with Crippen LogP contribution in [0.5, 0.6) is 11.5 Å². The molecule has 2 aromatic rings. The number of carbonyl (C=O) groups excluding carboxylic acids is 1. The first kappa shape index (κ1) is 22.6. The zero-order valence-electron chi connectivity index (χ0n) is 18.7. The van der Waals surface area contributed by atoms with E-state index in [0.29, 0.717) is 35.3 Å². The molecule has 9 heteroatoms. The lowest BCUT2D eigenvalue weighted by molar-refractivity contribution is -0.139. The average molecular weight is 430 g/mol. The van der Waals surface area contributed by atoms with Gasteiger partial charge in [-0.2, -0.15) is 4.68 Å². The maximum atomic E-state index is 13.1. The number of fused-ring (bicyclic) bond motifs is 1. The Morgan fingerprint density at radius 3 is 2.65 bits per heavy atom. The van der Waals surface area contributed by atoms with Gasteiger partial charge in [-0.25, -0.2) is 4.79 Å². The quantitative estimate of drug-likeness (QED) is 0.424. The zero-order valence-corrected chi connectivity index (χ0v) is 18.7. The molecular weight excluding hydrogens is 398 g/mol. The lowest BCUT2D eigenvalue weighted by Crippen LogP contribution is -2.30. The van der Waals surface area contributed by atoms with Crippen molar-refractivity contribution >= 4 is 11.9 Å². The van der Waals surface area contributed by atoms with E-state index >= 15 is 0 Å². The number of carbonyl (C=O) groups is 1. The minimum Gasteiger partial charge on any atom is -0.497 e. The fourth-order valence-electron chi connectivity index (χ4n) is 3.73. The van der Waals surface area contributed by atoms with E-state index < -0.39 is 6.04 Å². The molecule has 1 aromatic carbocycles. The van der Waals surface area contributed by atoms with E-state index in [9.17, 15) is 4.79 Å². The summed E-state index contributed by atoms with van der Waals surface area (Å²) in [5.74, 6) is 1.29. The lowest BCUT2D eigenvalue weighted by Gasteiger charge is -2.28. The standard InChI is InChI=1S/C22H31N5O4/c1-5-6-7-8-9-10-13-31-21(28)19-15(2)23-22-24-25-26-27(22)20(19)17-12-11-16(29-3)14-18(17)30-4/h11-12,14,20H,5-10,13H2,1-4H3,(H,23,24,26)/t20-/m0/s1. The van der Waals surface area contributed by atoms with Crippen LogP contribution in [0.1, 0.15) is 64.0 Å². The van der Waals surface area contributed by atoms with Crippen molar-refractivity contribution in [3.63, 3.8) is 0 Å². The smallest absolute Gasteiger partial charge is 0.338 e. The minimum atomic E-state index is -0.579. The van der Waals surface area contributed by atoms with Crippen molar-refractivity contribution in [2.75, 3.05) is 26.1 Å². The Labute approximate surface area is 182 Å². The summed E-state index contributed by atoms with van der Waals surface area (Å²) in [6.07, 6.45) is 6.74. The second-order valence-electron chi connectivity index (χ2n) is 7.52. The van der Waals surface area contributed by atoms with Gasteiger partial charge in [-0.3, -0.25) is 0 Å². The Kier molecular flexibility index (Phi) is 7.86. The molecule has 0 aliphatic carbocycles. The summed E-state index contributed by atoms with van der Waals surface area (Å²) in [7, 11) is 3.17. The van der Waals surface area contributed by atoms with Gasteiger partial charge in [-0.1, -0.05) is 44.1 Å². The lowest BCUT2D eigenvalue weighted by atomic mass is 9.95. The number of hydrogen-bond donors (Lipinski definition) is 1. The number of ether oxygens (including phenoxy) is 3. The fraction of sp³-hybridized carbons (Fsp3) is 0.545. The monoisotopic (exact) mass is 429 g/mol. The normalized spacial score (nSPS) is 15.3. The molecule has 0 fully saturated rings. The number of methoxy groups -OCH3 is 2. The van der Waals surface area contributed by atoms with Gasteiger partial charge in [0.2, 0.25) is 5.95 Å². The summed E-state index contributed by atoms with van der Waals surface area (Å²) in [5, 5.41) is 15.0. The van der Waals surface area contributed by atoms with Crippen molar-refractivity contribution < 1.29 is 19.0 Å². The molecule has 0 bridgehead atoms. The fourth-order valence-corrected chi connectivity index (χ4v) is 3.73. The molecule has 31 heavy (non-hydrogen) atoms. The van der Waals surface area contributed by atoms with Crippen molar-refractivity contribution in [2.45, 2.75) is 58.4 Å². The van der Waals surface area contributed by atoms with Crippen molar-refractivity contribution in [1.29, 1.82) is 0 Å². The molecule has 1 aliphatic heterocycles. The van der Waals surface area contributed by atoms with Crippen molar-refractivity contribution in [1.82, 2.24) is 20.2 Å². The van der Waals surface area contributed by atoms with E-state index in [1.165, 1.54) is 19.3 Å². The molecule has 1 N–H and O–H groups in total. The number of unbranched alkanes of at least 4 members (excludes halogenated alkanes) is 5. The number of anilines is 1. The first-order chi connectivity index (χ1) is 15.1. The number of hydrogen-bond acceptors (Lipinski definition) is 8. The largest absolute Gasteiger partial charge is 0.497 e. The van der Waals surface area contributed by atoms with Gasteiger partial charge in [0.15, 0.2) is 0 Å². The molecule has 0 saturated carbocycles. The summed E-state index contributed by atoms with van der Waals surface area (Å²) < 4.78 is 18.1. The molecule has 0 saturated heterocycles. The van der Waals surface area contributed by atoms with Crippen LogP contribution < -0.4 is 14.8 Å². The van der Waals surface area contributed by atoms with Gasteiger partial charge >= 0.3 is 5.97 Å². The van der Waals surface area contributed by atoms with Crippen LogP contribution in [0.3, 0.4) is 0 Å². The number of aromatic nitrogens is 4. The predicted molar refractivity (Wildman–Crippen MR) is 116 cm³/mol. The minimum absolute atomic E-state index is 0.386. The highest BCUT2D eigenvalue weighted by Gasteiger charge is 2.36. The van der Waals surface area contributed by atoms with E-state index in [1.54, 1.807) is 25.0 Å². The van der Waals surface area contributed by atoms with Gasteiger partial charge in [0.25, 0.3) is 0 Å². The van der Waals surface area contributed by atoms with Gasteiger partial charge < -0.3 is 19.5 Å². The van der Waals surface area contributed by atoms with Crippen LogP contribution in [0, 0.1) is 0 Å². The molecule has 0 spiro atoms. The van der Waals surface area contributed by atoms with Crippen LogP contribution in [0.25, 0.3) is 0 Å². The third-order valence-corrected chi connectivity index (χ3v) is 5.40. The number of benzene rings is 1. The van der Waals surface area contributed by atoms with Gasteiger partial charge in [-0.05, 0) is 35.9 Å². The molecule has 2 heterocycles. The van der Waals surface area contributed by atoms with Gasteiger partial charge in [0.1, 0.15) is 17.5 Å². The molecule has 1 aliphatic rings. The first-order valence-corrected chi connectivity index (χ1v) is 10.7. The molecule has 3 rings (SSSR count). The number of allylic oxidation sites excluding steroid dienone is 1. The second kappa shape index (κ2) is 10.8. The Balaban J connectivity index is 1.82. The summed E-state index contributed by atoms with van der Waals surface area (Å²) >= 11 is 0. The van der Waals surface area contributed by atoms with Crippen LogP contribution in [0.15, 0.2) is 29.5 Å². The number of rotatable bonds is 11. The molecular formula is C22H31N5O4. The molecule has 0 amide bonds. The number of nitrogens with zero attached hydrogens (tertiary/aromatic N) is 4. The van der Waals surface area contributed by atoms with Gasteiger partial charge in [0, 0.05) is 17.3 Å². The highest BCUT2D eigenvalue weighted by atomic mass is 16.5. The Bertz CT molecular complexity index is 924. The molecule has 168 valence electrons. The molecule has 0 unspecified atom stereocenters. The van der Waals surface area contributed by atoms with Crippen molar-refractivity contribution in [2.24, 2.45) is 0 Å². The number of tetrazole rings is 1. The average Bonchev–Trinajstić information content (AvgIpc) is 3.25. The van der Waals surface area contributed by atoms with E-state index in [0.717, 1.165) is 24.8 Å². The Morgan fingerprint density at radius 1 is 1.13 bits per heavy atom. The molecule has 0 radical (unpaired) electrons. The van der Waals surface area contributed by atoms with E-state index in [2.05, 4.69) is 27.8 Å². The van der Waals surface area contributed by atoms with E-state index in [4.69, 9.17) is 14.2 Å². The summed E-state index contributed by atoms with van der Waals surface area (Å²) in [5.41, 5.74) is 1.84. The van der Waals surface area contributed by atoms with Crippen LogP contribution in [-0.2, 0) is 9.53 Å². The summed E-state index contributed by atoms with van der Waals surface area (Å²) in [4.78, 5) is 13.1. The third kappa shape index (κ3) is 5.15. The van der Waals surface area contributed by atoms with Crippen LogP contribution in [-0.4, -0.2) is 47.0 Å². The van der Waals surface area contributed by atoms with Crippen molar-refractivity contribution in [3.8, 4) is 11.5 Å². The molecule has 9 nitrogen and oxygen atoms in total. The number of esters is 1. The number of nitrogens with one attached hydrogen (secondary N) is 1. The van der Waals surface area contributed by atoms with Crippen LogP contribution >= 0.6 is 0 Å². The molecule has 1 aromatic heterocycles. The highest BCUT2D eigenvalue weighted by Crippen LogP contribution is 2.40.